The number of imidazole rings is 2. The molecule has 0 saturated heterocycles. The fourth-order valence-corrected chi connectivity index (χ4v) is 3.00. The monoisotopic (exact) mass is 477 g/mol. The number of hydrogen-bond donors (Lipinski definition) is 8. The lowest BCUT2D eigenvalue weighted by Crippen LogP contribution is -2.57. The molecule has 2 aromatic heterocycles. The van der Waals surface area contributed by atoms with Crippen LogP contribution >= 0.6 is 0 Å². The number of aromatic amines is 2. The number of carboxylic acids is 1. The van der Waals surface area contributed by atoms with Gasteiger partial charge in [-0.1, -0.05) is 0 Å². The van der Waals surface area contributed by atoms with E-state index in [1.807, 2.05) is 0 Å². The van der Waals surface area contributed by atoms with Crippen LogP contribution in [0, 0.1) is 0 Å². The number of nitrogens with two attached hydrogens (primary N) is 2. The van der Waals surface area contributed by atoms with Gasteiger partial charge in [0.2, 0.25) is 23.6 Å². The van der Waals surface area contributed by atoms with Gasteiger partial charge in [-0.2, -0.15) is 0 Å². The van der Waals surface area contributed by atoms with E-state index in [2.05, 4.69) is 35.9 Å². The maximum atomic E-state index is 13.0. The normalized spacial score (nSPS) is 13.3. The Morgan fingerprint density at radius 2 is 1.41 bits per heavy atom. The van der Waals surface area contributed by atoms with Crippen LogP contribution in [0.5, 0.6) is 0 Å². The molecule has 4 amide bonds. The van der Waals surface area contributed by atoms with Gasteiger partial charge in [-0.05, 0) is 6.42 Å². The fraction of sp³-hybridized carbons (Fsp3) is 0.421. The van der Waals surface area contributed by atoms with Crippen LogP contribution in [0.1, 0.15) is 24.2 Å². The smallest absolute Gasteiger partial charge is 0.326 e. The Balaban J connectivity index is 2.17. The quantitative estimate of drug-likeness (QED) is 0.135. The molecule has 34 heavy (non-hydrogen) atoms. The summed E-state index contributed by atoms with van der Waals surface area (Å²) in [5.41, 5.74) is 11.4. The average Bonchev–Trinajstić information content (AvgIpc) is 3.49. The van der Waals surface area contributed by atoms with Gasteiger partial charge in [-0.15, -0.1) is 0 Å². The molecule has 2 heterocycles. The van der Waals surface area contributed by atoms with Crippen molar-refractivity contribution < 1.29 is 29.1 Å². The van der Waals surface area contributed by atoms with E-state index in [0.717, 1.165) is 0 Å². The van der Waals surface area contributed by atoms with E-state index in [0.29, 0.717) is 11.4 Å². The lowest BCUT2D eigenvalue weighted by molar-refractivity contribution is -0.142. The molecule has 0 saturated carbocycles. The van der Waals surface area contributed by atoms with Crippen molar-refractivity contribution in [2.45, 2.75) is 43.8 Å². The third-order valence-electron chi connectivity index (χ3n) is 4.72. The van der Waals surface area contributed by atoms with Crippen LogP contribution in [-0.4, -0.2) is 79.3 Å². The Hall–Kier alpha value is -4.27. The molecule has 2 rings (SSSR count). The molecule has 0 radical (unpaired) electrons. The number of carbonyl (C=O) groups excluding carboxylic acids is 4. The number of amides is 4. The van der Waals surface area contributed by atoms with Crippen molar-refractivity contribution in [3.63, 3.8) is 0 Å². The summed E-state index contributed by atoms with van der Waals surface area (Å²) in [6.45, 7) is -0.397. The number of aliphatic carboxylic acids is 1. The Bertz CT molecular complexity index is 977. The molecule has 0 fully saturated rings. The van der Waals surface area contributed by atoms with E-state index in [1.54, 1.807) is 0 Å². The molecular formula is C19H27N9O6. The number of primary amides is 1. The van der Waals surface area contributed by atoms with Crippen LogP contribution in [0.3, 0.4) is 0 Å². The standard InChI is InChI=1S/C19H27N9O6/c20-5-16(30)26-12(1-2-15(21)29)17(31)27-13(3-10-6-22-8-24-10)18(32)28-14(19(33)34)4-11-7-23-9-25-11/h6-9,12-14H,1-5,20H2,(H2,21,29)(H,22,24)(H,23,25)(H,26,30)(H,27,31)(H,28,32)(H,33,34). The summed E-state index contributed by atoms with van der Waals surface area (Å²) >= 11 is 0. The molecule has 0 aliphatic carbocycles. The summed E-state index contributed by atoms with van der Waals surface area (Å²) in [6.07, 6.45) is 5.16. The van der Waals surface area contributed by atoms with Crippen LogP contribution < -0.4 is 27.4 Å². The van der Waals surface area contributed by atoms with Crippen LogP contribution in [0.2, 0.25) is 0 Å². The first-order valence-corrected chi connectivity index (χ1v) is 10.2. The van der Waals surface area contributed by atoms with Gasteiger partial charge in [0, 0.05) is 43.0 Å². The van der Waals surface area contributed by atoms with Gasteiger partial charge in [0.1, 0.15) is 18.1 Å². The van der Waals surface area contributed by atoms with Gasteiger partial charge in [0.15, 0.2) is 0 Å². The number of carbonyl (C=O) groups is 5. The van der Waals surface area contributed by atoms with Crippen molar-refractivity contribution in [1.29, 1.82) is 0 Å². The second-order valence-electron chi connectivity index (χ2n) is 7.35. The number of nitrogens with one attached hydrogen (secondary N) is 5. The Morgan fingerprint density at radius 1 is 0.882 bits per heavy atom. The van der Waals surface area contributed by atoms with E-state index < -0.39 is 54.3 Å². The average molecular weight is 477 g/mol. The minimum Gasteiger partial charge on any atom is -0.480 e. The van der Waals surface area contributed by atoms with E-state index in [1.165, 1.54) is 25.0 Å². The van der Waals surface area contributed by atoms with Crippen LogP contribution in [0.15, 0.2) is 25.0 Å². The molecule has 0 spiro atoms. The topological polar surface area (TPSA) is 251 Å². The van der Waals surface area contributed by atoms with Gasteiger partial charge in [0.05, 0.1) is 19.2 Å². The molecule has 2 aromatic rings. The van der Waals surface area contributed by atoms with E-state index in [4.69, 9.17) is 11.5 Å². The SMILES string of the molecule is NCC(=O)NC(CCC(N)=O)C(=O)NC(Cc1cnc[nH]1)C(=O)NC(Cc1cnc[nH]1)C(=O)O. The summed E-state index contributed by atoms with van der Waals surface area (Å²) in [5.74, 6) is -4.18. The van der Waals surface area contributed by atoms with Crippen molar-refractivity contribution in [2.75, 3.05) is 6.54 Å². The van der Waals surface area contributed by atoms with Crippen LogP contribution in [0.25, 0.3) is 0 Å². The molecule has 15 heteroatoms. The van der Waals surface area contributed by atoms with Gasteiger partial charge >= 0.3 is 5.97 Å². The predicted octanol–water partition coefficient (Wildman–Crippen LogP) is -3.32. The minimum absolute atomic E-state index is 0.0542. The maximum Gasteiger partial charge on any atom is 0.326 e. The molecule has 3 unspecified atom stereocenters. The minimum atomic E-state index is -1.31. The first-order valence-electron chi connectivity index (χ1n) is 10.2. The van der Waals surface area contributed by atoms with E-state index in [9.17, 15) is 29.1 Å². The second-order valence-corrected chi connectivity index (χ2v) is 7.35. The summed E-state index contributed by atoms with van der Waals surface area (Å²) in [6, 6.07) is -3.74. The number of nitrogens with zero attached hydrogens (tertiary/aromatic N) is 2. The highest BCUT2D eigenvalue weighted by Gasteiger charge is 2.30. The van der Waals surface area contributed by atoms with Crippen molar-refractivity contribution in [1.82, 2.24) is 35.9 Å². The van der Waals surface area contributed by atoms with E-state index >= 15 is 0 Å². The molecule has 15 nitrogen and oxygen atoms in total. The van der Waals surface area contributed by atoms with Crippen molar-refractivity contribution in [2.24, 2.45) is 11.5 Å². The van der Waals surface area contributed by atoms with Crippen LogP contribution in [0.4, 0.5) is 0 Å². The lowest BCUT2D eigenvalue weighted by Gasteiger charge is -2.24. The number of aromatic nitrogens is 4. The molecule has 0 aromatic carbocycles. The summed E-state index contributed by atoms with van der Waals surface area (Å²) in [5, 5.41) is 16.8. The number of carboxylic acid groups (broad SMARTS) is 1. The van der Waals surface area contributed by atoms with Crippen LogP contribution in [-0.2, 0) is 36.8 Å². The predicted molar refractivity (Wildman–Crippen MR) is 115 cm³/mol. The van der Waals surface area contributed by atoms with Crippen molar-refractivity contribution in [3.05, 3.63) is 36.4 Å². The lowest BCUT2D eigenvalue weighted by atomic mass is 10.1. The molecule has 3 atom stereocenters. The van der Waals surface area contributed by atoms with Gasteiger partial charge in [-0.3, -0.25) is 19.2 Å². The first kappa shape index (κ1) is 26.0. The highest BCUT2D eigenvalue weighted by molar-refractivity contribution is 5.94. The highest BCUT2D eigenvalue weighted by Crippen LogP contribution is 2.05. The highest BCUT2D eigenvalue weighted by atomic mass is 16.4. The molecule has 0 aliphatic rings. The van der Waals surface area contributed by atoms with Gasteiger partial charge in [0.25, 0.3) is 0 Å². The van der Waals surface area contributed by atoms with Crippen molar-refractivity contribution >= 4 is 29.6 Å². The van der Waals surface area contributed by atoms with Gasteiger partial charge in [-0.25, -0.2) is 14.8 Å². The number of hydrogen-bond acceptors (Lipinski definition) is 8. The zero-order chi connectivity index (χ0) is 25.1. The Kier molecular flexibility index (Phi) is 9.70. The fourth-order valence-electron chi connectivity index (χ4n) is 3.00. The van der Waals surface area contributed by atoms with Gasteiger partial charge < -0.3 is 42.5 Å². The first-order chi connectivity index (χ1) is 16.2. The third-order valence-corrected chi connectivity index (χ3v) is 4.72. The molecule has 10 N–H and O–H groups in total. The molecular weight excluding hydrogens is 450 g/mol. The number of rotatable bonds is 14. The molecule has 184 valence electrons. The Morgan fingerprint density at radius 3 is 1.88 bits per heavy atom. The zero-order valence-corrected chi connectivity index (χ0v) is 18.1. The second kappa shape index (κ2) is 12.7. The number of H-pyrrole nitrogens is 2. The zero-order valence-electron chi connectivity index (χ0n) is 18.1. The summed E-state index contributed by atoms with van der Waals surface area (Å²) in [7, 11) is 0. The Labute approximate surface area is 193 Å². The molecule has 0 aliphatic heterocycles. The third kappa shape index (κ3) is 8.34. The largest absolute Gasteiger partial charge is 0.480 e. The van der Waals surface area contributed by atoms with E-state index in [-0.39, 0.29) is 25.7 Å². The maximum absolute atomic E-state index is 13.0. The van der Waals surface area contributed by atoms with Crippen molar-refractivity contribution in [3.8, 4) is 0 Å². The summed E-state index contributed by atoms with van der Waals surface area (Å²) < 4.78 is 0. The molecule has 0 bridgehead atoms. The summed E-state index contributed by atoms with van der Waals surface area (Å²) in [4.78, 5) is 73.6.